The summed E-state index contributed by atoms with van der Waals surface area (Å²) in [5, 5.41) is 0. The number of esters is 1. The third-order valence-corrected chi connectivity index (χ3v) is 0.604. The van der Waals surface area contributed by atoms with Crippen LogP contribution in [0.3, 0.4) is 0 Å². The van der Waals surface area contributed by atoms with Crippen molar-refractivity contribution >= 4 is 39.9 Å². The molecule has 0 aromatic carbocycles. The zero-order valence-corrected chi connectivity index (χ0v) is 12.5. The summed E-state index contributed by atoms with van der Waals surface area (Å²) >= 11 is 0. The Balaban J connectivity index is -0.0000000600. The number of halogens is 2. The van der Waals surface area contributed by atoms with E-state index in [2.05, 4.69) is 11.7 Å². The van der Waals surface area contributed by atoms with Crippen LogP contribution in [-0.2, 0) is 29.0 Å². The summed E-state index contributed by atoms with van der Waals surface area (Å²) in [4.78, 5) is 10.2. The molecule has 0 rings (SSSR count). The summed E-state index contributed by atoms with van der Waals surface area (Å²) in [6.07, 6.45) is 0. The molecule has 0 aliphatic heterocycles. The number of hydrogen-bond donors (Lipinski definition) is 0. The summed E-state index contributed by atoms with van der Waals surface area (Å²) in [5.74, 6) is -0.509. The molecule has 5 heteroatoms. The standard InChI is InChI=1S/C5H9O2.2BrH.Zn/c1-4(2)5(6)7-3;;;/h4H,1H2,2-3H3;2*1H;/q-1;;;/t4-;;;/m1.../s1. The van der Waals surface area contributed by atoms with E-state index in [1.807, 2.05) is 0 Å². The molecular formula is C5H11Br2O2Zn-. The van der Waals surface area contributed by atoms with Gasteiger partial charge in [0.1, 0.15) is 0 Å². The molecule has 0 aromatic rings. The molecule has 60 valence electrons. The fourth-order valence-corrected chi connectivity index (χ4v) is 0.201. The normalized spacial score (nSPS) is 9.10. The predicted octanol–water partition coefficient (Wildman–Crippen LogP) is 1.78. The largest absolute Gasteiger partial charge is 0.471 e. The van der Waals surface area contributed by atoms with E-state index in [1.54, 1.807) is 6.92 Å². The van der Waals surface area contributed by atoms with Crippen LogP contribution < -0.4 is 0 Å². The Bertz CT molecular complexity index is 78.0. The van der Waals surface area contributed by atoms with Crippen LogP contribution in [0.25, 0.3) is 0 Å². The van der Waals surface area contributed by atoms with Gasteiger partial charge in [-0.15, -0.1) is 34.0 Å². The summed E-state index contributed by atoms with van der Waals surface area (Å²) in [5.41, 5.74) is 0. The van der Waals surface area contributed by atoms with Crippen LogP contribution in [0.2, 0.25) is 0 Å². The molecule has 0 N–H and O–H groups in total. The molecule has 0 bridgehead atoms. The van der Waals surface area contributed by atoms with Crippen molar-refractivity contribution in [1.82, 2.24) is 0 Å². The van der Waals surface area contributed by atoms with Crippen LogP contribution in [0.1, 0.15) is 6.92 Å². The van der Waals surface area contributed by atoms with Crippen molar-refractivity contribution in [2.45, 2.75) is 6.92 Å². The fraction of sp³-hybridized carbons (Fsp3) is 0.600. The van der Waals surface area contributed by atoms with Gasteiger partial charge >= 0.3 is 0 Å². The Morgan fingerprint density at radius 3 is 1.80 bits per heavy atom. The van der Waals surface area contributed by atoms with Crippen molar-refractivity contribution in [1.29, 1.82) is 0 Å². The van der Waals surface area contributed by atoms with Crippen molar-refractivity contribution in [2.75, 3.05) is 7.11 Å². The second-order valence-corrected chi connectivity index (χ2v) is 1.42. The van der Waals surface area contributed by atoms with Gasteiger partial charge in [-0.2, -0.15) is 0 Å². The van der Waals surface area contributed by atoms with E-state index in [9.17, 15) is 4.79 Å². The van der Waals surface area contributed by atoms with Crippen LogP contribution >= 0.6 is 34.0 Å². The molecule has 2 nitrogen and oxygen atoms in total. The first-order valence-corrected chi connectivity index (χ1v) is 2.09. The molecule has 0 heterocycles. The first-order chi connectivity index (χ1) is 3.18. The van der Waals surface area contributed by atoms with E-state index in [-0.39, 0.29) is 65.3 Å². The fourth-order valence-electron chi connectivity index (χ4n) is 0.201. The smallest absolute Gasteiger partial charge is 0.277 e. The van der Waals surface area contributed by atoms with Gasteiger partial charge in [-0.3, -0.25) is 4.79 Å². The van der Waals surface area contributed by atoms with Crippen LogP contribution in [0.4, 0.5) is 0 Å². The minimum Gasteiger partial charge on any atom is -0.471 e. The second kappa shape index (κ2) is 12.7. The van der Waals surface area contributed by atoms with Gasteiger partial charge < -0.3 is 11.7 Å². The van der Waals surface area contributed by atoms with E-state index in [0.29, 0.717) is 0 Å². The number of carbonyl (C=O) groups excluding carboxylic acids is 1. The zero-order valence-electron chi connectivity index (χ0n) is 6.12. The summed E-state index contributed by atoms with van der Waals surface area (Å²) in [6.45, 7) is 5.12. The maximum absolute atomic E-state index is 10.2. The van der Waals surface area contributed by atoms with E-state index in [1.165, 1.54) is 7.11 Å². The Morgan fingerprint density at radius 1 is 1.50 bits per heavy atom. The molecule has 0 spiro atoms. The first-order valence-electron chi connectivity index (χ1n) is 2.09. The maximum atomic E-state index is 10.2. The molecule has 0 aromatic heterocycles. The topological polar surface area (TPSA) is 26.3 Å². The van der Waals surface area contributed by atoms with Gasteiger partial charge in [0.15, 0.2) is 0 Å². The number of ether oxygens (including phenoxy) is 1. The zero-order chi connectivity index (χ0) is 5.86. The van der Waals surface area contributed by atoms with Crippen molar-refractivity contribution in [2.24, 2.45) is 5.92 Å². The molecule has 10 heavy (non-hydrogen) atoms. The number of methoxy groups -OCH3 is 1. The van der Waals surface area contributed by atoms with Crippen molar-refractivity contribution < 1.29 is 29.0 Å². The molecule has 0 amide bonds. The van der Waals surface area contributed by atoms with E-state index < -0.39 is 0 Å². The predicted molar refractivity (Wildman–Crippen MR) is 47.2 cm³/mol. The van der Waals surface area contributed by atoms with Gasteiger partial charge in [-0.1, -0.05) is 12.8 Å². The molecule has 0 aliphatic carbocycles. The molecule has 0 saturated heterocycles. The minimum absolute atomic E-state index is 0. The Labute approximate surface area is 95.4 Å². The van der Waals surface area contributed by atoms with Gasteiger partial charge in [-0.25, -0.2) is 0 Å². The van der Waals surface area contributed by atoms with Gasteiger partial charge in [0, 0.05) is 19.5 Å². The molecular weight excluding hydrogens is 317 g/mol. The monoisotopic (exact) mass is 325 g/mol. The van der Waals surface area contributed by atoms with Gasteiger partial charge in [0.05, 0.1) is 7.11 Å². The van der Waals surface area contributed by atoms with Gasteiger partial charge in [0.2, 0.25) is 0 Å². The SMILES string of the molecule is Br.Br.[CH2-][C@H](C)C(=O)OC.[Zn]. The first kappa shape index (κ1) is 22.5. The van der Waals surface area contributed by atoms with Crippen LogP contribution in [0, 0.1) is 12.8 Å². The Morgan fingerprint density at radius 2 is 1.80 bits per heavy atom. The number of hydrogen-bond acceptors (Lipinski definition) is 2. The third kappa shape index (κ3) is 11.8. The van der Waals surface area contributed by atoms with Crippen molar-refractivity contribution in [3.05, 3.63) is 6.92 Å². The van der Waals surface area contributed by atoms with Crippen LogP contribution in [0.15, 0.2) is 0 Å². The molecule has 0 fully saturated rings. The summed E-state index contributed by atoms with van der Waals surface area (Å²) in [7, 11) is 1.35. The molecule has 0 unspecified atom stereocenters. The second-order valence-electron chi connectivity index (χ2n) is 1.42. The number of carbonyl (C=O) groups is 1. The number of rotatable bonds is 1. The van der Waals surface area contributed by atoms with Crippen LogP contribution in [-0.4, -0.2) is 13.1 Å². The average molecular weight is 328 g/mol. The molecule has 1 atom stereocenters. The molecule has 0 radical (unpaired) electrons. The summed E-state index contributed by atoms with van der Waals surface area (Å²) in [6, 6.07) is 0. The Kier molecular flexibility index (Phi) is 28.5. The van der Waals surface area contributed by atoms with Crippen LogP contribution in [0.5, 0.6) is 0 Å². The maximum Gasteiger partial charge on any atom is 0.277 e. The van der Waals surface area contributed by atoms with Crippen molar-refractivity contribution in [3.63, 3.8) is 0 Å². The van der Waals surface area contributed by atoms with E-state index in [0.717, 1.165) is 0 Å². The average Bonchev–Trinajstić information content (AvgIpc) is 1.65. The molecule has 0 aliphatic rings. The van der Waals surface area contributed by atoms with Gasteiger partial charge in [0.25, 0.3) is 5.97 Å². The molecule has 0 saturated carbocycles. The van der Waals surface area contributed by atoms with E-state index in [4.69, 9.17) is 0 Å². The minimum atomic E-state index is -0.264. The van der Waals surface area contributed by atoms with Crippen molar-refractivity contribution in [3.8, 4) is 0 Å². The Hall–Kier alpha value is 1.05. The van der Waals surface area contributed by atoms with Gasteiger partial charge in [-0.05, 0) is 0 Å². The summed E-state index contributed by atoms with van der Waals surface area (Å²) < 4.78 is 4.31. The quantitative estimate of drug-likeness (QED) is 0.417. The van der Waals surface area contributed by atoms with E-state index >= 15 is 0 Å². The third-order valence-electron chi connectivity index (χ3n) is 0.604.